The van der Waals surface area contributed by atoms with Crippen LogP contribution < -0.4 is 0 Å². The number of rotatable bonds is 10. The van der Waals surface area contributed by atoms with Crippen molar-refractivity contribution in [3.05, 3.63) is 89.2 Å². The van der Waals surface area contributed by atoms with E-state index in [1.54, 1.807) is 37.7 Å². The Labute approximate surface area is 227 Å². The van der Waals surface area contributed by atoms with Crippen LogP contribution in [0, 0.1) is 0 Å². The lowest BCUT2D eigenvalue weighted by molar-refractivity contribution is -0.190. The van der Waals surface area contributed by atoms with Gasteiger partial charge >= 0.3 is 0 Å². The van der Waals surface area contributed by atoms with Crippen LogP contribution in [0.2, 0.25) is 10.0 Å². The lowest BCUT2D eigenvalue weighted by atomic mass is 10.1. The molecule has 0 N–H and O–H groups in total. The van der Waals surface area contributed by atoms with Crippen molar-refractivity contribution in [3.8, 4) is 0 Å². The van der Waals surface area contributed by atoms with E-state index < -0.39 is 5.79 Å². The number of piperazine rings is 1. The van der Waals surface area contributed by atoms with Crippen LogP contribution in [0.1, 0.15) is 12.5 Å². The van der Waals surface area contributed by atoms with Gasteiger partial charge in [0.15, 0.2) is 0 Å². The summed E-state index contributed by atoms with van der Waals surface area (Å²) in [5.41, 5.74) is 0.696. The number of nitrogens with zero attached hydrogens (tertiary/aromatic N) is 4. The summed E-state index contributed by atoms with van der Waals surface area (Å²) in [5, 5.41) is 1.00. The number of hydrogen-bond acceptors (Lipinski definition) is 6. The number of amides is 1. The van der Waals surface area contributed by atoms with Gasteiger partial charge in [-0.15, -0.1) is 0 Å². The van der Waals surface area contributed by atoms with Crippen molar-refractivity contribution in [2.45, 2.75) is 25.4 Å². The van der Waals surface area contributed by atoms with E-state index in [4.69, 9.17) is 37.4 Å². The van der Waals surface area contributed by atoms with Crippen molar-refractivity contribution in [1.29, 1.82) is 0 Å². The van der Waals surface area contributed by atoms with Gasteiger partial charge in [0.25, 0.3) is 0 Å². The molecule has 37 heavy (non-hydrogen) atoms. The maximum absolute atomic E-state index is 11.5. The van der Waals surface area contributed by atoms with Gasteiger partial charge < -0.3 is 23.7 Å². The van der Waals surface area contributed by atoms with Crippen molar-refractivity contribution < 1.29 is 19.0 Å². The summed E-state index contributed by atoms with van der Waals surface area (Å²) < 4.78 is 20.6. The molecule has 2 saturated heterocycles. The van der Waals surface area contributed by atoms with Crippen LogP contribution in [-0.2, 0) is 31.3 Å². The molecule has 2 fully saturated rings. The van der Waals surface area contributed by atoms with E-state index in [2.05, 4.69) is 22.5 Å². The van der Waals surface area contributed by atoms with Crippen molar-refractivity contribution in [1.82, 2.24) is 19.4 Å². The molecule has 2 aliphatic heterocycles. The summed E-state index contributed by atoms with van der Waals surface area (Å²) in [6, 6.07) is 5.28. The van der Waals surface area contributed by atoms with Crippen molar-refractivity contribution in [3.63, 3.8) is 0 Å². The summed E-state index contributed by atoms with van der Waals surface area (Å²) in [6.45, 7) is 10.4. The van der Waals surface area contributed by atoms with Gasteiger partial charge in [0, 0.05) is 62.6 Å². The van der Waals surface area contributed by atoms with E-state index >= 15 is 0 Å². The van der Waals surface area contributed by atoms with Gasteiger partial charge in [-0.05, 0) is 24.3 Å². The quantitative estimate of drug-likeness (QED) is 0.327. The summed E-state index contributed by atoms with van der Waals surface area (Å²) in [6.07, 6.45) is 12.4. The summed E-state index contributed by atoms with van der Waals surface area (Å²) in [7, 11) is 0. The van der Waals surface area contributed by atoms with Crippen LogP contribution in [0.5, 0.6) is 0 Å². The van der Waals surface area contributed by atoms with Gasteiger partial charge in [0.1, 0.15) is 18.5 Å². The first-order valence-corrected chi connectivity index (χ1v) is 13.0. The maximum Gasteiger partial charge on any atom is 0.219 e. The number of imidazole rings is 1. The molecule has 2 aromatic rings. The fraction of sp³-hybridized carbons (Fsp3) is 0.407. The molecule has 0 bridgehead atoms. The second-order valence-corrected chi connectivity index (χ2v) is 9.83. The second kappa shape index (κ2) is 12.8. The number of carbonyl (C=O) groups is 1. The van der Waals surface area contributed by atoms with E-state index in [0.29, 0.717) is 34.5 Å². The normalized spacial score (nSPS) is 23.1. The highest BCUT2D eigenvalue weighted by Gasteiger charge is 2.45. The molecule has 198 valence electrons. The fourth-order valence-corrected chi connectivity index (χ4v) is 4.95. The monoisotopic (exact) mass is 546 g/mol. The molecule has 2 aliphatic rings. The van der Waals surface area contributed by atoms with Gasteiger partial charge in [-0.2, -0.15) is 0 Å². The van der Waals surface area contributed by atoms with E-state index in [9.17, 15) is 4.79 Å². The molecule has 0 saturated carbocycles. The number of aromatic nitrogens is 2. The van der Waals surface area contributed by atoms with Crippen LogP contribution in [0.15, 0.2) is 73.6 Å². The molecule has 1 aromatic carbocycles. The average molecular weight is 547 g/mol. The van der Waals surface area contributed by atoms with Crippen LogP contribution in [-0.4, -0.2) is 77.3 Å². The Morgan fingerprint density at radius 2 is 2.11 bits per heavy atom. The lowest BCUT2D eigenvalue weighted by Crippen LogP contribution is -2.47. The molecule has 0 aliphatic carbocycles. The van der Waals surface area contributed by atoms with Gasteiger partial charge in [-0.25, -0.2) is 4.98 Å². The highest BCUT2D eigenvalue weighted by Crippen LogP contribution is 2.40. The zero-order chi connectivity index (χ0) is 26.3. The average Bonchev–Trinajstić information content (AvgIpc) is 3.53. The first-order valence-electron chi connectivity index (χ1n) is 12.2. The molecule has 0 unspecified atom stereocenters. The molecule has 2 atom stereocenters. The molecule has 0 radical (unpaired) electrons. The number of halogens is 2. The predicted octanol–water partition coefficient (Wildman–Crippen LogP) is 4.27. The van der Waals surface area contributed by atoms with E-state index in [1.165, 1.54) is 0 Å². The second-order valence-electron chi connectivity index (χ2n) is 8.99. The lowest BCUT2D eigenvalue weighted by Gasteiger charge is -2.33. The number of benzene rings is 1. The third-order valence-corrected chi connectivity index (χ3v) is 6.88. The van der Waals surface area contributed by atoms with Crippen molar-refractivity contribution >= 4 is 29.1 Å². The van der Waals surface area contributed by atoms with Crippen LogP contribution >= 0.6 is 23.2 Å². The minimum Gasteiger partial charge on any atom is -0.491 e. The molecule has 1 amide bonds. The van der Waals surface area contributed by atoms with Crippen molar-refractivity contribution in [2.24, 2.45) is 0 Å². The Morgan fingerprint density at radius 1 is 1.30 bits per heavy atom. The third-order valence-electron chi connectivity index (χ3n) is 6.33. The zero-order valence-electron chi connectivity index (χ0n) is 20.9. The SMILES string of the molecule is C=C/C=C(\C=C/CN1CCN(C(C)=O)CC1)OC[C@H]1CO[C@](Cn2ccnc2)(c2ccc(Cl)cc2Cl)O1. The fourth-order valence-electron chi connectivity index (χ4n) is 4.40. The first-order chi connectivity index (χ1) is 17.9. The van der Waals surface area contributed by atoms with Gasteiger partial charge in [0.2, 0.25) is 11.7 Å². The number of allylic oxidation sites excluding steroid dienone is 3. The summed E-state index contributed by atoms with van der Waals surface area (Å²) in [4.78, 5) is 19.8. The van der Waals surface area contributed by atoms with Gasteiger partial charge in [0.05, 0.1) is 24.5 Å². The Balaban J connectivity index is 1.36. The van der Waals surface area contributed by atoms with Crippen molar-refractivity contribution in [2.75, 3.05) is 45.9 Å². The zero-order valence-corrected chi connectivity index (χ0v) is 22.4. The standard InChI is InChI=1S/C27H32Cl2N4O4/c1-3-5-23(6-4-10-31-12-14-33(15-13-31)21(2)34)35-17-24-18-36-27(37-24,19-32-11-9-30-20-32)25-8-7-22(28)16-26(25)29/h3-9,11,16,20,24H,1,10,12-15,17-19H2,2H3/b6-4-,23-5+/t24-,27-/m0/s1. The minimum absolute atomic E-state index is 0.130. The Hall–Kier alpha value is -2.62. The molecule has 1 aromatic heterocycles. The van der Waals surface area contributed by atoms with Crippen LogP contribution in [0.4, 0.5) is 0 Å². The predicted molar refractivity (Wildman–Crippen MR) is 143 cm³/mol. The molecule has 10 heteroatoms. The largest absolute Gasteiger partial charge is 0.491 e. The molecule has 0 spiro atoms. The highest BCUT2D eigenvalue weighted by molar-refractivity contribution is 6.35. The molecule has 8 nitrogen and oxygen atoms in total. The number of ether oxygens (including phenoxy) is 3. The third kappa shape index (κ3) is 7.24. The first kappa shape index (κ1) is 27.4. The maximum atomic E-state index is 11.5. The Bertz CT molecular complexity index is 1130. The molecule has 4 rings (SSSR count). The minimum atomic E-state index is -1.10. The number of hydrogen-bond donors (Lipinski definition) is 0. The smallest absolute Gasteiger partial charge is 0.219 e. The topological polar surface area (TPSA) is 69.1 Å². The van der Waals surface area contributed by atoms with E-state index in [-0.39, 0.29) is 18.6 Å². The summed E-state index contributed by atoms with van der Waals surface area (Å²) >= 11 is 12.7. The Kier molecular flexibility index (Phi) is 9.45. The summed E-state index contributed by atoms with van der Waals surface area (Å²) in [5.74, 6) is -0.292. The molecule has 3 heterocycles. The Morgan fingerprint density at radius 3 is 2.78 bits per heavy atom. The number of carbonyl (C=O) groups excluding carboxylic acids is 1. The molecular weight excluding hydrogens is 515 g/mol. The van der Waals surface area contributed by atoms with Gasteiger partial charge in [-0.3, -0.25) is 9.69 Å². The van der Waals surface area contributed by atoms with Crippen LogP contribution in [0.3, 0.4) is 0 Å². The highest BCUT2D eigenvalue weighted by atomic mass is 35.5. The van der Waals surface area contributed by atoms with Crippen LogP contribution in [0.25, 0.3) is 0 Å². The van der Waals surface area contributed by atoms with Gasteiger partial charge in [-0.1, -0.05) is 48.0 Å². The van der Waals surface area contributed by atoms with E-state index in [0.717, 1.165) is 32.7 Å². The molecular formula is C27H32Cl2N4O4. The van der Waals surface area contributed by atoms with E-state index in [1.807, 2.05) is 33.9 Å².